The number of fused-ring (bicyclic) bond motifs is 2. The molecule has 0 N–H and O–H groups in total. The summed E-state index contributed by atoms with van der Waals surface area (Å²) in [5.74, 6) is 4.09. The van der Waals surface area contributed by atoms with Gasteiger partial charge in [-0.2, -0.15) is 5.26 Å². The van der Waals surface area contributed by atoms with Gasteiger partial charge in [-0.25, -0.2) is 0 Å². The van der Waals surface area contributed by atoms with E-state index in [-0.39, 0.29) is 17.0 Å². The molecular formula is C38H38Br2N2O2. The van der Waals surface area contributed by atoms with Crippen LogP contribution in [0.2, 0.25) is 0 Å². The predicted molar refractivity (Wildman–Crippen MR) is 173 cm³/mol. The molecule has 4 aromatic carbocycles. The summed E-state index contributed by atoms with van der Waals surface area (Å²) in [6, 6.07) is 38.9. The van der Waals surface area contributed by atoms with Crippen molar-refractivity contribution >= 4 is 15.9 Å². The van der Waals surface area contributed by atoms with Crippen molar-refractivity contribution in [3.8, 4) is 17.6 Å². The summed E-state index contributed by atoms with van der Waals surface area (Å²) >= 11 is 3.61. The standard InChI is InChI=1S/C38H38BrN2O2.BrH/c39-32-16-13-29(14-17-32)23-41(21-19-28-15-18-36-37(22-28)43-27-42-36)24-34-33(35(34)25-41)12-7-20-38(26-40,30-8-3-1-4-9-30)31-10-5-2-6-11-31;/h1-6,8-11,13-18,22,33-35H,7,12,19-21,23-25,27H2;1H/q+1;/p-1. The highest BCUT2D eigenvalue weighted by Gasteiger charge is 2.62. The number of hydrogen-bond acceptors (Lipinski definition) is 3. The Bertz CT molecular complexity index is 1550. The van der Waals surface area contributed by atoms with Gasteiger partial charge in [0.25, 0.3) is 0 Å². The maximum absolute atomic E-state index is 10.6. The third kappa shape index (κ3) is 6.20. The Balaban J connectivity index is 0.00000343. The molecule has 2 atom stereocenters. The first-order valence-electron chi connectivity index (χ1n) is 15.6. The summed E-state index contributed by atoms with van der Waals surface area (Å²) in [4.78, 5) is 0. The molecule has 7 rings (SSSR count). The van der Waals surface area contributed by atoms with E-state index in [1.807, 2.05) is 12.1 Å². The van der Waals surface area contributed by atoms with E-state index in [1.165, 1.54) is 30.6 Å². The van der Waals surface area contributed by atoms with Gasteiger partial charge in [0.2, 0.25) is 6.79 Å². The van der Waals surface area contributed by atoms with Gasteiger partial charge in [0.15, 0.2) is 11.5 Å². The lowest BCUT2D eigenvalue weighted by molar-refractivity contribution is -0.934. The molecule has 0 spiro atoms. The minimum absolute atomic E-state index is 0. The maximum Gasteiger partial charge on any atom is 0.231 e. The van der Waals surface area contributed by atoms with Crippen LogP contribution in [0.5, 0.6) is 11.5 Å². The zero-order valence-electron chi connectivity index (χ0n) is 24.9. The topological polar surface area (TPSA) is 42.2 Å². The van der Waals surface area contributed by atoms with Gasteiger partial charge in [-0.3, -0.25) is 0 Å². The van der Waals surface area contributed by atoms with Crippen LogP contribution in [0.15, 0.2) is 108 Å². The Morgan fingerprint density at radius 3 is 2.05 bits per heavy atom. The van der Waals surface area contributed by atoms with E-state index in [1.54, 1.807) is 0 Å². The van der Waals surface area contributed by atoms with Gasteiger partial charge in [-0.1, -0.05) is 101 Å². The summed E-state index contributed by atoms with van der Waals surface area (Å²) in [7, 11) is 0. The quantitative estimate of drug-likeness (QED) is 0.199. The fraction of sp³-hybridized carbons (Fsp3) is 0.342. The molecule has 6 heteroatoms. The average Bonchev–Trinajstić information content (AvgIpc) is 3.36. The number of quaternary nitrogens is 1. The summed E-state index contributed by atoms with van der Waals surface area (Å²) in [5, 5.41) is 10.6. The minimum Gasteiger partial charge on any atom is -1.00 e. The highest BCUT2D eigenvalue weighted by molar-refractivity contribution is 9.10. The van der Waals surface area contributed by atoms with E-state index in [0.717, 1.165) is 81.7 Å². The van der Waals surface area contributed by atoms with Gasteiger partial charge in [0.1, 0.15) is 12.0 Å². The normalized spacial score (nSPS) is 23.0. The molecule has 4 aromatic rings. The second-order valence-electron chi connectivity index (χ2n) is 12.8. The number of halogens is 2. The molecule has 2 unspecified atom stereocenters. The number of ether oxygens (including phenoxy) is 2. The monoisotopic (exact) mass is 712 g/mol. The lowest BCUT2D eigenvalue weighted by Crippen LogP contribution is -3.00. The molecule has 3 aliphatic rings. The van der Waals surface area contributed by atoms with Crippen molar-refractivity contribution in [2.45, 2.75) is 37.6 Å². The molecule has 2 heterocycles. The lowest BCUT2D eigenvalue weighted by Gasteiger charge is -2.37. The second-order valence-corrected chi connectivity index (χ2v) is 13.7. The number of piperidine rings is 1. The van der Waals surface area contributed by atoms with Crippen LogP contribution in [-0.4, -0.2) is 30.9 Å². The Morgan fingerprint density at radius 1 is 0.795 bits per heavy atom. The summed E-state index contributed by atoms with van der Waals surface area (Å²) in [5.41, 5.74) is 4.35. The van der Waals surface area contributed by atoms with Gasteiger partial charge in [-0.15, -0.1) is 0 Å². The number of benzene rings is 4. The molecule has 44 heavy (non-hydrogen) atoms. The first-order valence-corrected chi connectivity index (χ1v) is 16.4. The highest BCUT2D eigenvalue weighted by Crippen LogP contribution is 2.57. The van der Waals surface area contributed by atoms with Crippen LogP contribution in [0.4, 0.5) is 0 Å². The molecule has 226 valence electrons. The predicted octanol–water partition coefficient (Wildman–Crippen LogP) is 5.30. The Hall–Kier alpha value is -3.11. The van der Waals surface area contributed by atoms with Gasteiger partial charge >= 0.3 is 0 Å². The Morgan fingerprint density at radius 2 is 1.41 bits per heavy atom. The van der Waals surface area contributed by atoms with Crippen molar-refractivity contribution in [3.05, 3.63) is 130 Å². The van der Waals surface area contributed by atoms with Crippen LogP contribution >= 0.6 is 15.9 Å². The van der Waals surface area contributed by atoms with E-state index < -0.39 is 5.41 Å². The molecule has 0 aromatic heterocycles. The van der Waals surface area contributed by atoms with Crippen LogP contribution in [0, 0.1) is 29.1 Å². The Kier molecular flexibility index (Phi) is 9.19. The van der Waals surface area contributed by atoms with Crippen molar-refractivity contribution in [1.82, 2.24) is 0 Å². The molecular weight excluding hydrogens is 676 g/mol. The molecule has 1 saturated carbocycles. The molecule has 0 amide bonds. The van der Waals surface area contributed by atoms with Gasteiger partial charge in [0.05, 0.1) is 25.7 Å². The number of hydrogen-bond donors (Lipinski definition) is 0. The second kappa shape index (κ2) is 13.1. The number of likely N-dealkylation sites (tertiary alicyclic amines) is 1. The molecule has 2 fully saturated rings. The van der Waals surface area contributed by atoms with E-state index in [2.05, 4.69) is 113 Å². The van der Waals surface area contributed by atoms with Gasteiger partial charge in [-0.05, 0) is 59.7 Å². The first kappa shape index (κ1) is 30.9. The fourth-order valence-electron chi connectivity index (χ4n) is 7.98. The molecule has 4 nitrogen and oxygen atoms in total. The van der Waals surface area contributed by atoms with Crippen molar-refractivity contribution in [1.29, 1.82) is 5.26 Å². The number of rotatable bonds is 11. The fourth-order valence-corrected chi connectivity index (χ4v) is 8.25. The summed E-state index contributed by atoms with van der Waals surface area (Å²) in [6.07, 6.45) is 4.17. The van der Waals surface area contributed by atoms with Crippen LogP contribution in [-0.2, 0) is 18.4 Å². The van der Waals surface area contributed by atoms with Crippen LogP contribution in [0.1, 0.15) is 41.5 Å². The van der Waals surface area contributed by atoms with E-state index >= 15 is 0 Å². The summed E-state index contributed by atoms with van der Waals surface area (Å²) < 4.78 is 13.5. The highest BCUT2D eigenvalue weighted by atomic mass is 79.9. The van der Waals surface area contributed by atoms with Gasteiger partial charge in [0, 0.05) is 28.3 Å². The third-order valence-electron chi connectivity index (χ3n) is 10.3. The lowest BCUT2D eigenvalue weighted by atomic mass is 9.72. The first-order chi connectivity index (χ1) is 21.1. The van der Waals surface area contributed by atoms with Crippen LogP contribution in [0.3, 0.4) is 0 Å². The SMILES string of the molecule is N#CC(CCCC1C2C[N+](CCc3ccc4c(c3)OCO4)(Cc3ccc(Br)cc3)CC12)(c1ccccc1)c1ccccc1.[Br-]. The minimum atomic E-state index is -0.599. The number of nitrogens with zero attached hydrogens (tertiary/aromatic N) is 2. The smallest absolute Gasteiger partial charge is 0.231 e. The third-order valence-corrected chi connectivity index (χ3v) is 10.8. The summed E-state index contributed by atoms with van der Waals surface area (Å²) in [6.45, 7) is 5.03. The van der Waals surface area contributed by atoms with E-state index in [0.29, 0.717) is 6.79 Å². The van der Waals surface area contributed by atoms with Crippen molar-refractivity contribution in [3.63, 3.8) is 0 Å². The van der Waals surface area contributed by atoms with Crippen LogP contribution in [0.25, 0.3) is 0 Å². The molecule has 1 saturated heterocycles. The van der Waals surface area contributed by atoms with Crippen molar-refractivity contribution in [2.75, 3.05) is 26.4 Å². The largest absolute Gasteiger partial charge is 1.00 e. The zero-order chi connectivity index (χ0) is 29.3. The van der Waals surface area contributed by atoms with Crippen molar-refractivity contribution in [2.24, 2.45) is 17.8 Å². The Labute approximate surface area is 280 Å². The van der Waals surface area contributed by atoms with Crippen LogP contribution < -0.4 is 26.5 Å². The molecule has 1 aliphatic carbocycles. The number of nitriles is 1. The van der Waals surface area contributed by atoms with E-state index in [4.69, 9.17) is 9.47 Å². The average molecular weight is 715 g/mol. The van der Waals surface area contributed by atoms with E-state index in [9.17, 15) is 5.26 Å². The molecule has 2 aliphatic heterocycles. The molecule has 0 bridgehead atoms. The molecule has 0 radical (unpaired) electrons. The zero-order valence-corrected chi connectivity index (χ0v) is 28.0. The van der Waals surface area contributed by atoms with Gasteiger partial charge < -0.3 is 30.9 Å². The van der Waals surface area contributed by atoms with Crippen molar-refractivity contribution < 1.29 is 30.9 Å². The maximum atomic E-state index is 10.6.